The number of rotatable bonds is 3. The topological polar surface area (TPSA) is 61.0 Å². The molecule has 5 heteroatoms. The number of nitrogens with zero attached hydrogens (tertiary/aromatic N) is 2. The van der Waals surface area contributed by atoms with E-state index in [1.807, 2.05) is 13.0 Å². The summed E-state index contributed by atoms with van der Waals surface area (Å²) in [4.78, 5) is 8.15. The average molecular weight is 250 g/mol. The molecule has 2 N–H and O–H groups in total. The summed E-state index contributed by atoms with van der Waals surface area (Å²) in [7, 11) is 0. The van der Waals surface area contributed by atoms with Crippen LogP contribution in [0, 0.1) is 6.92 Å². The third-order valence-corrected chi connectivity index (χ3v) is 2.58. The molecule has 0 fully saturated rings. The summed E-state index contributed by atoms with van der Waals surface area (Å²) in [6, 6.07) is 7.43. The van der Waals surface area contributed by atoms with Crippen molar-refractivity contribution in [1.82, 2.24) is 9.97 Å². The maximum absolute atomic E-state index is 6.03. The monoisotopic (exact) mass is 249 g/mol. The predicted octanol–water partition coefficient (Wildman–Crippen LogP) is 2.69. The van der Waals surface area contributed by atoms with E-state index in [0.717, 1.165) is 11.3 Å². The quantitative estimate of drug-likeness (QED) is 0.909. The Bertz CT molecular complexity index is 531. The lowest BCUT2D eigenvalue weighted by atomic mass is 10.2. The number of aryl methyl sites for hydroxylation is 1. The smallest absolute Gasteiger partial charge is 0.322 e. The van der Waals surface area contributed by atoms with Crippen molar-refractivity contribution in [2.45, 2.75) is 13.5 Å². The molecule has 0 saturated carbocycles. The molecular weight excluding hydrogens is 238 g/mol. The molecule has 2 aromatic rings. The molecule has 0 saturated heterocycles. The first-order valence-corrected chi connectivity index (χ1v) is 5.53. The molecule has 0 radical (unpaired) electrons. The van der Waals surface area contributed by atoms with Crippen molar-refractivity contribution >= 4 is 11.6 Å². The Labute approximate surface area is 104 Å². The van der Waals surface area contributed by atoms with Crippen LogP contribution in [0.15, 0.2) is 30.5 Å². The van der Waals surface area contributed by atoms with E-state index in [2.05, 4.69) is 9.97 Å². The molecule has 88 valence electrons. The number of halogens is 1. The van der Waals surface area contributed by atoms with Crippen LogP contribution in [0.2, 0.25) is 5.02 Å². The zero-order chi connectivity index (χ0) is 12.3. The maximum Gasteiger partial charge on any atom is 0.322 e. The van der Waals surface area contributed by atoms with Gasteiger partial charge in [0.25, 0.3) is 0 Å². The molecule has 0 aliphatic rings. The van der Waals surface area contributed by atoms with E-state index in [1.165, 1.54) is 0 Å². The minimum absolute atomic E-state index is 0.307. The fourth-order valence-corrected chi connectivity index (χ4v) is 1.59. The van der Waals surface area contributed by atoms with Gasteiger partial charge in [-0.1, -0.05) is 17.7 Å². The van der Waals surface area contributed by atoms with E-state index >= 15 is 0 Å². The summed E-state index contributed by atoms with van der Waals surface area (Å²) in [5.74, 6) is 0.595. The van der Waals surface area contributed by atoms with Crippen LogP contribution in [-0.4, -0.2) is 9.97 Å². The first-order valence-electron chi connectivity index (χ1n) is 5.15. The summed E-state index contributed by atoms with van der Waals surface area (Å²) >= 11 is 6.03. The highest BCUT2D eigenvalue weighted by molar-refractivity contribution is 6.31. The molecule has 17 heavy (non-hydrogen) atoms. The third kappa shape index (κ3) is 2.93. The molecule has 0 atom stereocenters. The van der Waals surface area contributed by atoms with Crippen molar-refractivity contribution in [1.29, 1.82) is 0 Å². The minimum Gasteiger partial charge on any atom is -0.424 e. The first kappa shape index (κ1) is 11.8. The molecule has 4 nitrogen and oxygen atoms in total. The van der Waals surface area contributed by atoms with Gasteiger partial charge in [-0.05, 0) is 30.7 Å². The second-order valence-electron chi connectivity index (χ2n) is 3.54. The molecule has 0 bridgehead atoms. The molecule has 2 rings (SSSR count). The number of aromatic nitrogens is 2. The van der Waals surface area contributed by atoms with Crippen LogP contribution in [0.5, 0.6) is 11.8 Å². The van der Waals surface area contributed by atoms with Crippen molar-refractivity contribution in [3.63, 3.8) is 0 Å². The zero-order valence-corrected chi connectivity index (χ0v) is 10.1. The third-order valence-electron chi connectivity index (χ3n) is 2.23. The first-order chi connectivity index (χ1) is 8.19. The SMILES string of the molecule is Cc1ccnc(Oc2ccc(CN)c(Cl)c2)n1. The van der Waals surface area contributed by atoms with E-state index < -0.39 is 0 Å². The van der Waals surface area contributed by atoms with Crippen LogP contribution < -0.4 is 10.5 Å². The van der Waals surface area contributed by atoms with E-state index in [1.54, 1.807) is 24.4 Å². The van der Waals surface area contributed by atoms with Gasteiger partial charge in [-0.2, -0.15) is 0 Å². The predicted molar refractivity (Wildman–Crippen MR) is 66.2 cm³/mol. The van der Waals surface area contributed by atoms with Crippen molar-refractivity contribution < 1.29 is 4.74 Å². The number of ether oxygens (including phenoxy) is 1. The maximum atomic E-state index is 6.03. The molecule has 0 aliphatic heterocycles. The molecule has 0 amide bonds. The van der Waals surface area contributed by atoms with Gasteiger partial charge in [0, 0.05) is 23.5 Å². The van der Waals surface area contributed by atoms with Crippen molar-refractivity contribution in [3.05, 3.63) is 46.7 Å². The summed E-state index contributed by atoms with van der Waals surface area (Å²) in [6.07, 6.45) is 1.65. The van der Waals surface area contributed by atoms with Gasteiger partial charge in [-0.3, -0.25) is 0 Å². The van der Waals surface area contributed by atoms with Crippen LogP contribution >= 0.6 is 11.6 Å². The van der Waals surface area contributed by atoms with E-state index in [9.17, 15) is 0 Å². The fourth-order valence-electron chi connectivity index (χ4n) is 1.34. The molecule has 1 heterocycles. The molecule has 0 unspecified atom stereocenters. The van der Waals surface area contributed by atoms with Gasteiger partial charge >= 0.3 is 6.01 Å². The van der Waals surface area contributed by atoms with E-state index in [-0.39, 0.29) is 0 Å². The van der Waals surface area contributed by atoms with Gasteiger partial charge in [0.15, 0.2) is 0 Å². The summed E-state index contributed by atoms with van der Waals surface area (Å²) in [6.45, 7) is 2.28. The van der Waals surface area contributed by atoms with Gasteiger partial charge in [0.2, 0.25) is 0 Å². The van der Waals surface area contributed by atoms with Gasteiger partial charge < -0.3 is 10.5 Å². The Morgan fingerprint density at radius 3 is 2.82 bits per heavy atom. The lowest BCUT2D eigenvalue weighted by molar-refractivity contribution is 0.440. The second kappa shape index (κ2) is 5.12. The average Bonchev–Trinajstić information content (AvgIpc) is 2.29. The van der Waals surface area contributed by atoms with Crippen molar-refractivity contribution in [3.8, 4) is 11.8 Å². The Hall–Kier alpha value is -1.65. The van der Waals surface area contributed by atoms with Crippen LogP contribution in [0.3, 0.4) is 0 Å². The zero-order valence-electron chi connectivity index (χ0n) is 9.35. The van der Waals surface area contributed by atoms with Gasteiger partial charge in [0.05, 0.1) is 0 Å². The van der Waals surface area contributed by atoms with E-state index in [4.69, 9.17) is 22.1 Å². The van der Waals surface area contributed by atoms with Crippen molar-refractivity contribution in [2.24, 2.45) is 5.73 Å². The van der Waals surface area contributed by atoms with Crippen LogP contribution in [0.25, 0.3) is 0 Å². The number of hydrogen-bond donors (Lipinski definition) is 1. The fraction of sp³-hybridized carbons (Fsp3) is 0.167. The standard InChI is InChI=1S/C12H12ClN3O/c1-8-4-5-15-12(16-8)17-10-3-2-9(7-14)11(13)6-10/h2-6H,7,14H2,1H3. The molecule has 0 aliphatic carbocycles. The van der Waals surface area contributed by atoms with Crippen LogP contribution in [0.1, 0.15) is 11.3 Å². The number of benzene rings is 1. The lowest BCUT2D eigenvalue weighted by Crippen LogP contribution is -1.98. The highest BCUT2D eigenvalue weighted by Gasteiger charge is 2.04. The highest BCUT2D eigenvalue weighted by Crippen LogP contribution is 2.24. The summed E-state index contributed by atoms with van der Waals surface area (Å²) < 4.78 is 5.49. The van der Waals surface area contributed by atoms with Gasteiger partial charge in [-0.15, -0.1) is 0 Å². The van der Waals surface area contributed by atoms with Crippen LogP contribution in [0.4, 0.5) is 0 Å². The Morgan fingerprint density at radius 1 is 1.35 bits per heavy atom. The molecule has 1 aromatic carbocycles. The lowest BCUT2D eigenvalue weighted by Gasteiger charge is -2.06. The number of hydrogen-bond acceptors (Lipinski definition) is 4. The minimum atomic E-state index is 0.307. The molecule has 0 spiro atoms. The number of nitrogens with two attached hydrogens (primary N) is 1. The van der Waals surface area contributed by atoms with E-state index in [0.29, 0.717) is 23.3 Å². The normalized spacial score (nSPS) is 10.3. The van der Waals surface area contributed by atoms with Gasteiger partial charge in [0.1, 0.15) is 5.75 Å². The molecular formula is C12H12ClN3O. The summed E-state index contributed by atoms with van der Waals surface area (Å²) in [5.41, 5.74) is 7.25. The van der Waals surface area contributed by atoms with Gasteiger partial charge in [-0.25, -0.2) is 9.97 Å². The summed E-state index contributed by atoms with van der Waals surface area (Å²) in [5, 5.41) is 0.581. The largest absolute Gasteiger partial charge is 0.424 e. The Balaban J connectivity index is 2.22. The van der Waals surface area contributed by atoms with Crippen LogP contribution in [-0.2, 0) is 6.54 Å². The Morgan fingerprint density at radius 2 is 2.18 bits per heavy atom. The Kier molecular flexibility index (Phi) is 3.56. The van der Waals surface area contributed by atoms with Crippen molar-refractivity contribution in [2.75, 3.05) is 0 Å². The second-order valence-corrected chi connectivity index (χ2v) is 3.95. The molecule has 1 aromatic heterocycles. The highest BCUT2D eigenvalue weighted by atomic mass is 35.5.